The molecule has 3 nitrogen and oxygen atoms in total. The van der Waals surface area contributed by atoms with E-state index in [9.17, 15) is 0 Å². The number of benzene rings is 1. The molecule has 2 rings (SSSR count). The summed E-state index contributed by atoms with van der Waals surface area (Å²) in [6.45, 7) is 7.98. The number of rotatable bonds is 6. The van der Waals surface area contributed by atoms with Crippen molar-refractivity contribution in [3.63, 3.8) is 0 Å². The van der Waals surface area contributed by atoms with E-state index in [-0.39, 0.29) is 0 Å². The Morgan fingerprint density at radius 3 is 2.76 bits per heavy atom. The smallest absolute Gasteiger partial charge is 0.148 e. The molecular formula is C17H21ClN2O. The molecule has 1 aromatic heterocycles. The second-order valence-electron chi connectivity index (χ2n) is 5.47. The lowest BCUT2D eigenvalue weighted by Gasteiger charge is -2.14. The zero-order valence-corrected chi connectivity index (χ0v) is 13.4. The maximum atomic E-state index is 6.10. The monoisotopic (exact) mass is 304 g/mol. The number of nitrogens with zero attached hydrogens (tertiary/aromatic N) is 1. The lowest BCUT2D eigenvalue weighted by molar-refractivity contribution is 0.463. The Balaban J connectivity index is 2.16. The molecule has 0 aliphatic rings. The molecule has 21 heavy (non-hydrogen) atoms. The SMILES string of the molecule is Cc1ncccc1Oc1ccc(Cl)cc1CNCC(C)C. The highest BCUT2D eigenvalue weighted by atomic mass is 35.5. The zero-order chi connectivity index (χ0) is 15.2. The summed E-state index contributed by atoms with van der Waals surface area (Å²) in [4.78, 5) is 4.24. The van der Waals surface area contributed by atoms with Crippen LogP contribution in [0.25, 0.3) is 0 Å². The zero-order valence-electron chi connectivity index (χ0n) is 12.7. The summed E-state index contributed by atoms with van der Waals surface area (Å²) in [5.41, 5.74) is 1.92. The van der Waals surface area contributed by atoms with Gasteiger partial charge in [-0.05, 0) is 49.7 Å². The number of aryl methyl sites for hydroxylation is 1. The van der Waals surface area contributed by atoms with Crippen molar-refractivity contribution in [1.82, 2.24) is 10.3 Å². The highest BCUT2D eigenvalue weighted by molar-refractivity contribution is 6.30. The first kappa shape index (κ1) is 15.8. The van der Waals surface area contributed by atoms with Crippen LogP contribution in [0.5, 0.6) is 11.5 Å². The Hall–Kier alpha value is -1.58. The average molecular weight is 305 g/mol. The summed E-state index contributed by atoms with van der Waals surface area (Å²) in [5, 5.41) is 4.13. The number of pyridine rings is 1. The minimum absolute atomic E-state index is 0.606. The summed E-state index contributed by atoms with van der Waals surface area (Å²) < 4.78 is 5.99. The molecule has 0 radical (unpaired) electrons. The summed E-state index contributed by atoms with van der Waals surface area (Å²) in [7, 11) is 0. The second-order valence-corrected chi connectivity index (χ2v) is 5.90. The Morgan fingerprint density at radius 2 is 2.05 bits per heavy atom. The molecule has 1 aromatic carbocycles. The number of nitrogens with one attached hydrogen (secondary N) is 1. The van der Waals surface area contributed by atoms with Crippen LogP contribution >= 0.6 is 11.6 Å². The molecule has 1 heterocycles. The van der Waals surface area contributed by atoms with E-state index in [0.717, 1.165) is 35.8 Å². The molecule has 2 aromatic rings. The van der Waals surface area contributed by atoms with E-state index in [0.29, 0.717) is 10.9 Å². The summed E-state index contributed by atoms with van der Waals surface area (Å²) >= 11 is 6.10. The molecule has 0 aliphatic carbocycles. The summed E-state index contributed by atoms with van der Waals surface area (Å²) in [6, 6.07) is 9.48. The van der Waals surface area contributed by atoms with E-state index in [1.807, 2.05) is 37.3 Å². The van der Waals surface area contributed by atoms with Crippen LogP contribution in [0, 0.1) is 12.8 Å². The third-order valence-corrected chi connectivity index (χ3v) is 3.30. The van der Waals surface area contributed by atoms with E-state index in [2.05, 4.69) is 24.1 Å². The minimum atomic E-state index is 0.606. The second kappa shape index (κ2) is 7.43. The first-order valence-corrected chi connectivity index (χ1v) is 7.52. The van der Waals surface area contributed by atoms with Crippen molar-refractivity contribution >= 4 is 11.6 Å². The predicted octanol–water partition coefficient (Wildman–Crippen LogP) is 4.58. The molecule has 0 spiro atoms. The first-order valence-electron chi connectivity index (χ1n) is 7.15. The number of hydrogen-bond acceptors (Lipinski definition) is 3. The van der Waals surface area contributed by atoms with Gasteiger partial charge in [0.15, 0.2) is 0 Å². The van der Waals surface area contributed by atoms with Crippen LogP contribution in [0.3, 0.4) is 0 Å². The lowest BCUT2D eigenvalue weighted by Crippen LogP contribution is -2.19. The molecule has 0 aliphatic heterocycles. The lowest BCUT2D eigenvalue weighted by atomic mass is 10.1. The Kier molecular flexibility index (Phi) is 5.59. The first-order chi connectivity index (χ1) is 10.1. The number of hydrogen-bond donors (Lipinski definition) is 1. The molecule has 1 N–H and O–H groups in total. The molecule has 112 valence electrons. The molecule has 0 atom stereocenters. The third kappa shape index (κ3) is 4.73. The fourth-order valence-electron chi connectivity index (χ4n) is 1.98. The summed E-state index contributed by atoms with van der Waals surface area (Å²) in [6.07, 6.45) is 1.76. The minimum Gasteiger partial charge on any atom is -0.455 e. The quantitative estimate of drug-likeness (QED) is 0.848. The van der Waals surface area contributed by atoms with Crippen LogP contribution in [0.2, 0.25) is 5.02 Å². The summed E-state index contributed by atoms with van der Waals surface area (Å²) in [5.74, 6) is 2.19. The maximum Gasteiger partial charge on any atom is 0.148 e. The molecule has 0 saturated heterocycles. The van der Waals surface area contributed by atoms with Crippen molar-refractivity contribution in [2.45, 2.75) is 27.3 Å². The number of halogens is 1. The van der Waals surface area contributed by atoms with E-state index < -0.39 is 0 Å². The van der Waals surface area contributed by atoms with Crippen molar-refractivity contribution < 1.29 is 4.74 Å². The van der Waals surface area contributed by atoms with E-state index in [1.165, 1.54) is 0 Å². The Bertz CT molecular complexity index is 599. The fourth-order valence-corrected chi connectivity index (χ4v) is 2.17. The average Bonchev–Trinajstić information content (AvgIpc) is 2.43. The van der Waals surface area contributed by atoms with Gasteiger partial charge in [-0.25, -0.2) is 0 Å². The van der Waals surface area contributed by atoms with Gasteiger partial charge in [0.2, 0.25) is 0 Å². The van der Waals surface area contributed by atoms with Crippen molar-refractivity contribution in [1.29, 1.82) is 0 Å². The molecule has 0 bridgehead atoms. The van der Waals surface area contributed by atoms with Gasteiger partial charge in [0, 0.05) is 23.3 Å². The van der Waals surface area contributed by atoms with Crippen LogP contribution < -0.4 is 10.1 Å². The van der Waals surface area contributed by atoms with Crippen LogP contribution in [-0.4, -0.2) is 11.5 Å². The topological polar surface area (TPSA) is 34.1 Å². The molecule has 0 amide bonds. The van der Waals surface area contributed by atoms with Crippen LogP contribution in [0.15, 0.2) is 36.5 Å². The van der Waals surface area contributed by atoms with Gasteiger partial charge in [-0.15, -0.1) is 0 Å². The van der Waals surface area contributed by atoms with Gasteiger partial charge in [0.05, 0.1) is 5.69 Å². The van der Waals surface area contributed by atoms with Gasteiger partial charge in [-0.2, -0.15) is 0 Å². The number of ether oxygens (including phenoxy) is 1. The van der Waals surface area contributed by atoms with Crippen molar-refractivity contribution in [3.8, 4) is 11.5 Å². The highest BCUT2D eigenvalue weighted by Gasteiger charge is 2.08. The van der Waals surface area contributed by atoms with E-state index >= 15 is 0 Å². The van der Waals surface area contributed by atoms with Crippen LogP contribution in [0.1, 0.15) is 25.1 Å². The number of aromatic nitrogens is 1. The molecule has 4 heteroatoms. The molecule has 0 unspecified atom stereocenters. The third-order valence-electron chi connectivity index (χ3n) is 3.07. The van der Waals surface area contributed by atoms with Gasteiger partial charge in [0.1, 0.15) is 11.5 Å². The fraction of sp³-hybridized carbons (Fsp3) is 0.353. The van der Waals surface area contributed by atoms with Crippen molar-refractivity contribution in [2.75, 3.05) is 6.54 Å². The highest BCUT2D eigenvalue weighted by Crippen LogP contribution is 2.29. The van der Waals surface area contributed by atoms with Crippen molar-refractivity contribution in [3.05, 3.63) is 52.8 Å². The van der Waals surface area contributed by atoms with Gasteiger partial charge < -0.3 is 10.1 Å². The predicted molar refractivity (Wildman–Crippen MR) is 87.0 cm³/mol. The maximum absolute atomic E-state index is 6.10. The molecule has 0 saturated carbocycles. The Labute approximate surface area is 131 Å². The van der Waals surface area contributed by atoms with Crippen LogP contribution in [-0.2, 0) is 6.54 Å². The molecule has 0 fully saturated rings. The van der Waals surface area contributed by atoms with Crippen LogP contribution in [0.4, 0.5) is 0 Å². The van der Waals surface area contributed by atoms with Gasteiger partial charge >= 0.3 is 0 Å². The molecular weight excluding hydrogens is 284 g/mol. The largest absolute Gasteiger partial charge is 0.455 e. The van der Waals surface area contributed by atoms with Gasteiger partial charge in [0.25, 0.3) is 0 Å². The Morgan fingerprint density at radius 1 is 1.24 bits per heavy atom. The van der Waals surface area contributed by atoms with Gasteiger partial charge in [-0.3, -0.25) is 4.98 Å². The van der Waals surface area contributed by atoms with E-state index in [4.69, 9.17) is 16.3 Å². The normalized spacial score (nSPS) is 10.9. The standard InChI is InChI=1S/C17H21ClN2O/c1-12(2)10-19-11-14-9-15(18)6-7-17(14)21-16-5-4-8-20-13(16)3/h4-9,12,19H,10-11H2,1-3H3. The van der Waals surface area contributed by atoms with E-state index in [1.54, 1.807) is 6.20 Å². The van der Waals surface area contributed by atoms with Crippen molar-refractivity contribution in [2.24, 2.45) is 5.92 Å². The van der Waals surface area contributed by atoms with Gasteiger partial charge in [-0.1, -0.05) is 25.4 Å².